The summed E-state index contributed by atoms with van der Waals surface area (Å²) in [5.74, 6) is -0.525. The summed E-state index contributed by atoms with van der Waals surface area (Å²) in [6.07, 6.45) is 2.98. The van der Waals surface area contributed by atoms with E-state index >= 15 is 0 Å². The number of hydrogen-bond acceptors (Lipinski definition) is 5. The van der Waals surface area contributed by atoms with Crippen molar-refractivity contribution in [2.75, 3.05) is 5.75 Å². The van der Waals surface area contributed by atoms with Gasteiger partial charge in [0.1, 0.15) is 12.7 Å². The Balaban J connectivity index is 1.56. The normalized spacial score (nSPS) is 12.5. The fourth-order valence-corrected chi connectivity index (χ4v) is 3.99. The van der Waals surface area contributed by atoms with Gasteiger partial charge < -0.3 is 5.32 Å². The third-order valence-corrected chi connectivity index (χ3v) is 6.16. The zero-order valence-electron chi connectivity index (χ0n) is 15.7. The van der Waals surface area contributed by atoms with Gasteiger partial charge in [0.05, 0.1) is 22.4 Å². The number of benzene rings is 2. The van der Waals surface area contributed by atoms with Gasteiger partial charge in [-0.05, 0) is 43.7 Å². The second-order valence-electron chi connectivity index (χ2n) is 6.60. The van der Waals surface area contributed by atoms with E-state index in [2.05, 4.69) is 15.4 Å². The summed E-state index contributed by atoms with van der Waals surface area (Å²) in [7, 11) is -3.48. The van der Waals surface area contributed by atoms with Crippen LogP contribution in [0.15, 0.2) is 66.1 Å². The molecule has 0 aliphatic carbocycles. The average molecular weight is 398 g/mol. The number of carbonyl (C=O) groups excluding carboxylic acids is 1. The van der Waals surface area contributed by atoms with Gasteiger partial charge in [-0.3, -0.25) is 4.79 Å². The Bertz CT molecular complexity index is 1030. The highest BCUT2D eigenvalue weighted by molar-refractivity contribution is 7.91. The van der Waals surface area contributed by atoms with Crippen molar-refractivity contribution in [3.05, 3.63) is 72.3 Å². The SMILES string of the molecule is Cc1ccc(S(=O)(=O)CCC(=O)NC(C)c2ccc(-n3cncn3)cc2)cc1. The van der Waals surface area contributed by atoms with Gasteiger partial charge >= 0.3 is 0 Å². The van der Waals surface area contributed by atoms with Crippen molar-refractivity contribution in [3.8, 4) is 5.69 Å². The van der Waals surface area contributed by atoms with E-state index in [0.717, 1.165) is 16.8 Å². The molecule has 1 amide bonds. The fraction of sp³-hybridized carbons (Fsp3) is 0.250. The molecule has 1 N–H and O–H groups in total. The van der Waals surface area contributed by atoms with E-state index in [0.29, 0.717) is 0 Å². The zero-order valence-corrected chi connectivity index (χ0v) is 16.6. The van der Waals surface area contributed by atoms with Crippen molar-refractivity contribution >= 4 is 15.7 Å². The molecule has 0 aliphatic rings. The lowest BCUT2D eigenvalue weighted by molar-refractivity contribution is -0.121. The van der Waals surface area contributed by atoms with Gasteiger partial charge in [0.15, 0.2) is 9.84 Å². The molecule has 0 aliphatic heterocycles. The number of aromatic nitrogens is 3. The molecule has 0 saturated carbocycles. The predicted molar refractivity (Wildman–Crippen MR) is 106 cm³/mol. The third-order valence-electron chi connectivity index (χ3n) is 4.43. The first-order valence-corrected chi connectivity index (χ1v) is 10.5. The summed E-state index contributed by atoms with van der Waals surface area (Å²) in [6, 6.07) is 14.0. The Morgan fingerprint density at radius 3 is 2.39 bits per heavy atom. The zero-order chi connectivity index (χ0) is 20.1. The number of rotatable bonds is 7. The van der Waals surface area contributed by atoms with Crippen LogP contribution >= 0.6 is 0 Å². The van der Waals surface area contributed by atoms with E-state index in [-0.39, 0.29) is 29.0 Å². The van der Waals surface area contributed by atoms with Crippen LogP contribution in [0.1, 0.15) is 30.5 Å². The second kappa shape index (κ2) is 8.35. The van der Waals surface area contributed by atoms with Gasteiger partial charge in [0, 0.05) is 6.42 Å². The van der Waals surface area contributed by atoms with Crippen LogP contribution in [0.25, 0.3) is 5.69 Å². The minimum atomic E-state index is -3.48. The van der Waals surface area contributed by atoms with Crippen molar-refractivity contribution in [3.63, 3.8) is 0 Å². The van der Waals surface area contributed by atoms with E-state index in [9.17, 15) is 13.2 Å². The lowest BCUT2D eigenvalue weighted by atomic mass is 10.1. The highest BCUT2D eigenvalue weighted by Crippen LogP contribution is 2.16. The van der Waals surface area contributed by atoms with Crippen LogP contribution in [-0.4, -0.2) is 34.8 Å². The standard InChI is InChI=1S/C20H22N4O3S/c1-15-3-9-19(10-4-15)28(26,27)12-11-20(25)23-16(2)17-5-7-18(8-6-17)24-14-21-13-22-24/h3-10,13-14,16H,11-12H2,1-2H3,(H,23,25). The van der Waals surface area contributed by atoms with Crippen molar-refractivity contribution in [2.24, 2.45) is 0 Å². The first-order chi connectivity index (χ1) is 13.3. The van der Waals surface area contributed by atoms with E-state index < -0.39 is 9.84 Å². The number of hydrogen-bond donors (Lipinski definition) is 1. The molecule has 1 aromatic heterocycles. The maximum Gasteiger partial charge on any atom is 0.221 e. The largest absolute Gasteiger partial charge is 0.350 e. The van der Waals surface area contributed by atoms with Crippen LogP contribution in [-0.2, 0) is 14.6 Å². The molecule has 0 bridgehead atoms. The number of sulfone groups is 1. The molecule has 0 fully saturated rings. The van der Waals surface area contributed by atoms with E-state index in [1.54, 1.807) is 35.3 Å². The van der Waals surface area contributed by atoms with Crippen LogP contribution in [0.4, 0.5) is 0 Å². The van der Waals surface area contributed by atoms with Gasteiger partial charge in [0.25, 0.3) is 0 Å². The molecule has 0 spiro atoms. The van der Waals surface area contributed by atoms with Crippen LogP contribution in [0.3, 0.4) is 0 Å². The quantitative estimate of drug-likeness (QED) is 0.660. The number of nitrogens with one attached hydrogen (secondary N) is 1. The molecule has 1 atom stereocenters. The first kappa shape index (κ1) is 19.8. The average Bonchev–Trinajstić information content (AvgIpc) is 3.22. The highest BCUT2D eigenvalue weighted by atomic mass is 32.2. The first-order valence-electron chi connectivity index (χ1n) is 8.89. The van der Waals surface area contributed by atoms with Crippen LogP contribution in [0, 0.1) is 6.92 Å². The Kier molecular flexibility index (Phi) is 5.89. The molecule has 7 nitrogen and oxygen atoms in total. The predicted octanol–water partition coefficient (Wildman–Crippen LogP) is 2.62. The van der Waals surface area contributed by atoms with Crippen LogP contribution in [0.5, 0.6) is 0 Å². The van der Waals surface area contributed by atoms with E-state index in [1.807, 2.05) is 38.1 Å². The summed E-state index contributed by atoms with van der Waals surface area (Å²) < 4.78 is 26.4. The number of nitrogens with zero attached hydrogens (tertiary/aromatic N) is 3. The van der Waals surface area contributed by atoms with Gasteiger partial charge in [-0.15, -0.1) is 0 Å². The molecule has 3 aromatic rings. The molecule has 28 heavy (non-hydrogen) atoms. The van der Waals surface area contributed by atoms with E-state index in [1.165, 1.54) is 6.33 Å². The Morgan fingerprint density at radius 2 is 1.79 bits per heavy atom. The fourth-order valence-electron chi connectivity index (χ4n) is 2.74. The lowest BCUT2D eigenvalue weighted by Gasteiger charge is -2.15. The van der Waals surface area contributed by atoms with Gasteiger partial charge in [0.2, 0.25) is 5.91 Å². The Labute approximate surface area is 164 Å². The number of carbonyl (C=O) groups is 1. The molecular formula is C20H22N4O3S. The van der Waals surface area contributed by atoms with Crippen molar-refractivity contribution < 1.29 is 13.2 Å². The van der Waals surface area contributed by atoms with Crippen LogP contribution < -0.4 is 5.32 Å². The summed E-state index contributed by atoms with van der Waals surface area (Å²) in [5, 5.41) is 6.91. The Hall–Kier alpha value is -3.00. The Morgan fingerprint density at radius 1 is 1.11 bits per heavy atom. The molecule has 146 valence electrons. The minimum absolute atomic E-state index is 0.0857. The molecule has 8 heteroatoms. The molecule has 3 rings (SSSR count). The van der Waals surface area contributed by atoms with E-state index in [4.69, 9.17) is 0 Å². The number of aryl methyl sites for hydroxylation is 1. The van der Waals surface area contributed by atoms with Crippen molar-refractivity contribution in [1.29, 1.82) is 0 Å². The molecule has 1 heterocycles. The lowest BCUT2D eigenvalue weighted by Crippen LogP contribution is -2.28. The summed E-state index contributed by atoms with van der Waals surface area (Å²) in [5.41, 5.74) is 2.77. The van der Waals surface area contributed by atoms with Gasteiger partial charge in [-0.2, -0.15) is 5.10 Å². The summed E-state index contributed by atoms with van der Waals surface area (Å²) >= 11 is 0. The van der Waals surface area contributed by atoms with Crippen molar-refractivity contribution in [1.82, 2.24) is 20.1 Å². The highest BCUT2D eigenvalue weighted by Gasteiger charge is 2.17. The molecule has 1 unspecified atom stereocenters. The van der Waals surface area contributed by atoms with Crippen LogP contribution in [0.2, 0.25) is 0 Å². The maximum absolute atomic E-state index is 12.4. The van der Waals surface area contributed by atoms with Gasteiger partial charge in [-0.25, -0.2) is 18.1 Å². The molecule has 0 saturated heterocycles. The monoisotopic (exact) mass is 398 g/mol. The number of amides is 1. The topological polar surface area (TPSA) is 94.0 Å². The van der Waals surface area contributed by atoms with Gasteiger partial charge in [-0.1, -0.05) is 29.8 Å². The maximum atomic E-state index is 12.4. The summed E-state index contributed by atoms with van der Waals surface area (Å²) in [4.78, 5) is 16.4. The van der Waals surface area contributed by atoms with Crippen molar-refractivity contribution in [2.45, 2.75) is 31.2 Å². The smallest absolute Gasteiger partial charge is 0.221 e. The molecule has 2 aromatic carbocycles. The second-order valence-corrected chi connectivity index (χ2v) is 8.71. The third kappa shape index (κ3) is 4.83. The molecule has 0 radical (unpaired) electrons. The minimum Gasteiger partial charge on any atom is -0.350 e. The molecular weight excluding hydrogens is 376 g/mol. The summed E-state index contributed by atoms with van der Waals surface area (Å²) in [6.45, 7) is 3.75.